The smallest absolute Gasteiger partial charge is 0.246 e. The third-order valence-corrected chi connectivity index (χ3v) is 6.09. The maximum absolute atomic E-state index is 12.7. The Morgan fingerprint density at radius 3 is 2.40 bits per heavy atom. The number of hydrogen-bond donors (Lipinski definition) is 0. The van der Waals surface area contributed by atoms with Crippen molar-refractivity contribution in [3.05, 3.63) is 0 Å². The van der Waals surface area contributed by atoms with E-state index in [2.05, 4.69) is 0 Å². The zero-order chi connectivity index (χ0) is 14.1. The molecule has 3 rings (SSSR count). The highest BCUT2D eigenvalue weighted by Crippen LogP contribution is 2.37. The molecule has 3 fully saturated rings. The average molecular weight is 296 g/mol. The Hall–Kier alpha value is -0.710. The first-order valence-electron chi connectivity index (χ1n) is 7.86. The number of fused-ring (bicyclic) bond motifs is 1. The van der Waals surface area contributed by atoms with Crippen molar-refractivity contribution in [1.82, 2.24) is 9.80 Å². The summed E-state index contributed by atoms with van der Waals surface area (Å²) in [5, 5.41) is 0. The Labute approximate surface area is 125 Å². The number of likely N-dealkylation sites (tertiary alicyclic amines) is 1. The van der Waals surface area contributed by atoms with Crippen molar-refractivity contribution >= 4 is 23.6 Å². The normalized spacial score (nSPS) is 33.4. The van der Waals surface area contributed by atoms with Crippen molar-refractivity contribution in [3.8, 4) is 0 Å². The first-order valence-corrected chi connectivity index (χ1v) is 9.02. The van der Waals surface area contributed by atoms with E-state index in [1.807, 2.05) is 11.8 Å². The van der Waals surface area contributed by atoms with Crippen LogP contribution in [-0.4, -0.2) is 52.4 Å². The Morgan fingerprint density at radius 2 is 1.80 bits per heavy atom. The van der Waals surface area contributed by atoms with E-state index >= 15 is 0 Å². The van der Waals surface area contributed by atoms with Crippen molar-refractivity contribution in [3.63, 3.8) is 0 Å². The standard InChI is InChI=1S/C15H24N2O2S/c1-2-14(18)17-10-20-9-13(17)15(19)16-7-11-5-3-4-6-12(11)8-16/h11-13H,2-10H2,1H3. The molecule has 5 heteroatoms. The van der Waals surface area contributed by atoms with E-state index < -0.39 is 0 Å². The van der Waals surface area contributed by atoms with Gasteiger partial charge < -0.3 is 9.80 Å². The van der Waals surface area contributed by atoms with Crippen LogP contribution in [-0.2, 0) is 9.59 Å². The van der Waals surface area contributed by atoms with Gasteiger partial charge in [0.2, 0.25) is 11.8 Å². The molecule has 3 atom stereocenters. The molecule has 2 aliphatic heterocycles. The first-order chi connectivity index (χ1) is 9.70. The van der Waals surface area contributed by atoms with Gasteiger partial charge >= 0.3 is 0 Å². The molecule has 3 unspecified atom stereocenters. The van der Waals surface area contributed by atoms with E-state index in [4.69, 9.17) is 0 Å². The molecule has 1 saturated carbocycles. The molecule has 0 aromatic heterocycles. The fourth-order valence-electron chi connectivity index (χ4n) is 3.89. The number of thioether (sulfide) groups is 1. The number of nitrogens with zero attached hydrogens (tertiary/aromatic N) is 2. The second kappa shape index (κ2) is 5.96. The zero-order valence-corrected chi connectivity index (χ0v) is 13.0. The summed E-state index contributed by atoms with van der Waals surface area (Å²) in [6, 6.07) is -0.201. The first kappa shape index (κ1) is 14.2. The van der Waals surface area contributed by atoms with Gasteiger partial charge in [0.05, 0.1) is 5.88 Å². The van der Waals surface area contributed by atoms with E-state index in [0.717, 1.165) is 30.7 Å². The molecule has 2 heterocycles. The zero-order valence-electron chi connectivity index (χ0n) is 12.2. The second-order valence-electron chi connectivity index (χ2n) is 6.28. The van der Waals surface area contributed by atoms with Gasteiger partial charge in [-0.25, -0.2) is 0 Å². The van der Waals surface area contributed by atoms with Crippen molar-refractivity contribution in [2.75, 3.05) is 24.7 Å². The van der Waals surface area contributed by atoms with Gasteiger partial charge in [-0.1, -0.05) is 19.8 Å². The summed E-state index contributed by atoms with van der Waals surface area (Å²) in [7, 11) is 0. The van der Waals surface area contributed by atoms with Crippen LogP contribution < -0.4 is 0 Å². The maximum Gasteiger partial charge on any atom is 0.246 e. The highest BCUT2D eigenvalue weighted by atomic mass is 32.2. The van der Waals surface area contributed by atoms with Crippen LogP contribution in [0.3, 0.4) is 0 Å². The molecule has 4 nitrogen and oxygen atoms in total. The molecule has 1 aliphatic carbocycles. The lowest BCUT2D eigenvalue weighted by Crippen LogP contribution is -2.48. The highest BCUT2D eigenvalue weighted by molar-refractivity contribution is 7.99. The van der Waals surface area contributed by atoms with Gasteiger partial charge in [0, 0.05) is 25.3 Å². The molecule has 0 radical (unpaired) electrons. The van der Waals surface area contributed by atoms with E-state index in [0.29, 0.717) is 12.3 Å². The van der Waals surface area contributed by atoms with E-state index in [1.54, 1.807) is 16.7 Å². The fraction of sp³-hybridized carbons (Fsp3) is 0.867. The van der Waals surface area contributed by atoms with Crippen LogP contribution in [0, 0.1) is 11.8 Å². The van der Waals surface area contributed by atoms with Gasteiger partial charge in [0.1, 0.15) is 6.04 Å². The molecule has 20 heavy (non-hydrogen) atoms. The molecular weight excluding hydrogens is 272 g/mol. The fourth-order valence-corrected chi connectivity index (χ4v) is 5.06. The predicted molar refractivity (Wildman–Crippen MR) is 80.3 cm³/mol. The molecule has 2 amide bonds. The predicted octanol–water partition coefficient (Wildman–Crippen LogP) is 1.95. The van der Waals surface area contributed by atoms with Crippen LogP contribution in [0.5, 0.6) is 0 Å². The van der Waals surface area contributed by atoms with Crippen molar-refractivity contribution < 1.29 is 9.59 Å². The summed E-state index contributed by atoms with van der Waals surface area (Å²) < 4.78 is 0. The summed E-state index contributed by atoms with van der Waals surface area (Å²) in [5.74, 6) is 3.21. The number of carbonyl (C=O) groups is 2. The van der Waals surface area contributed by atoms with Crippen LogP contribution >= 0.6 is 11.8 Å². The Balaban J connectivity index is 1.65. The minimum Gasteiger partial charge on any atom is -0.340 e. The Morgan fingerprint density at radius 1 is 1.15 bits per heavy atom. The number of hydrogen-bond acceptors (Lipinski definition) is 3. The lowest BCUT2D eigenvalue weighted by Gasteiger charge is -2.27. The summed E-state index contributed by atoms with van der Waals surface area (Å²) >= 11 is 1.70. The largest absolute Gasteiger partial charge is 0.340 e. The number of rotatable bonds is 2. The van der Waals surface area contributed by atoms with Gasteiger partial charge in [-0.3, -0.25) is 9.59 Å². The van der Waals surface area contributed by atoms with Crippen LogP contribution in [0.1, 0.15) is 39.0 Å². The Kier molecular flexibility index (Phi) is 4.24. The van der Waals surface area contributed by atoms with E-state index in [9.17, 15) is 9.59 Å². The third-order valence-electron chi connectivity index (χ3n) is 5.08. The van der Waals surface area contributed by atoms with Crippen LogP contribution in [0.4, 0.5) is 0 Å². The van der Waals surface area contributed by atoms with Crippen molar-refractivity contribution in [1.29, 1.82) is 0 Å². The molecule has 0 N–H and O–H groups in total. The van der Waals surface area contributed by atoms with Gasteiger partial charge in [-0.15, -0.1) is 11.8 Å². The SMILES string of the molecule is CCC(=O)N1CSCC1C(=O)N1CC2CCCCC2C1. The van der Waals surface area contributed by atoms with Gasteiger partial charge in [-0.05, 0) is 24.7 Å². The number of carbonyl (C=O) groups excluding carboxylic acids is 2. The molecule has 0 bridgehead atoms. The molecule has 3 aliphatic rings. The van der Waals surface area contributed by atoms with Gasteiger partial charge in [-0.2, -0.15) is 0 Å². The van der Waals surface area contributed by atoms with Gasteiger partial charge in [0.25, 0.3) is 0 Å². The van der Waals surface area contributed by atoms with E-state index in [1.165, 1.54) is 25.7 Å². The molecule has 0 aromatic carbocycles. The quantitative estimate of drug-likeness (QED) is 0.782. The molecule has 112 valence electrons. The average Bonchev–Trinajstić information content (AvgIpc) is 3.11. The topological polar surface area (TPSA) is 40.6 Å². The lowest BCUT2D eigenvalue weighted by molar-refractivity contribution is -0.142. The maximum atomic E-state index is 12.7. The molecule has 0 spiro atoms. The van der Waals surface area contributed by atoms with Crippen LogP contribution in [0.25, 0.3) is 0 Å². The summed E-state index contributed by atoms with van der Waals surface area (Å²) in [4.78, 5) is 28.5. The summed E-state index contributed by atoms with van der Waals surface area (Å²) in [6.07, 6.45) is 5.71. The van der Waals surface area contributed by atoms with Crippen LogP contribution in [0.2, 0.25) is 0 Å². The minimum atomic E-state index is -0.201. The van der Waals surface area contributed by atoms with Crippen LogP contribution in [0.15, 0.2) is 0 Å². The molecule has 2 saturated heterocycles. The monoisotopic (exact) mass is 296 g/mol. The lowest BCUT2D eigenvalue weighted by atomic mass is 9.82. The third kappa shape index (κ3) is 2.57. The van der Waals surface area contributed by atoms with Crippen molar-refractivity contribution in [2.24, 2.45) is 11.8 Å². The van der Waals surface area contributed by atoms with E-state index in [-0.39, 0.29) is 17.9 Å². The Bertz CT molecular complexity index is 387. The van der Waals surface area contributed by atoms with Gasteiger partial charge in [0.15, 0.2) is 0 Å². The molecule has 0 aromatic rings. The van der Waals surface area contributed by atoms with Crippen molar-refractivity contribution in [2.45, 2.75) is 45.1 Å². The number of amides is 2. The summed E-state index contributed by atoms with van der Waals surface area (Å²) in [6.45, 7) is 3.73. The summed E-state index contributed by atoms with van der Waals surface area (Å²) in [5.41, 5.74) is 0. The highest BCUT2D eigenvalue weighted by Gasteiger charge is 2.42. The minimum absolute atomic E-state index is 0.116. The second-order valence-corrected chi connectivity index (χ2v) is 7.28. The molecular formula is C15H24N2O2S.